The summed E-state index contributed by atoms with van der Waals surface area (Å²) < 4.78 is 11.4. The lowest BCUT2D eigenvalue weighted by molar-refractivity contribution is 0.0553. The molecule has 0 saturated carbocycles. The lowest BCUT2D eigenvalue weighted by Crippen LogP contribution is -2.43. The van der Waals surface area contributed by atoms with Crippen LogP contribution in [0.2, 0.25) is 0 Å². The zero-order valence-electron chi connectivity index (χ0n) is 11.9. The highest BCUT2D eigenvalue weighted by atomic mass is 16.5. The number of piperazine rings is 1. The van der Waals surface area contributed by atoms with Gasteiger partial charge in [-0.1, -0.05) is 12.1 Å². The number of benzene rings is 1. The number of nitrogens with one attached hydrogen (secondary N) is 1. The van der Waals surface area contributed by atoms with E-state index in [9.17, 15) is 0 Å². The fourth-order valence-electron chi connectivity index (χ4n) is 2.18. The van der Waals surface area contributed by atoms with Crippen molar-refractivity contribution < 1.29 is 9.47 Å². The molecule has 1 aliphatic rings. The van der Waals surface area contributed by atoms with Crippen molar-refractivity contribution in [3.05, 3.63) is 24.3 Å². The molecule has 0 radical (unpaired) electrons. The van der Waals surface area contributed by atoms with Crippen LogP contribution in [0.5, 0.6) is 5.75 Å². The van der Waals surface area contributed by atoms with E-state index in [4.69, 9.17) is 9.47 Å². The summed E-state index contributed by atoms with van der Waals surface area (Å²) in [6.07, 6.45) is 0.256. The van der Waals surface area contributed by atoms with Crippen LogP contribution in [0.3, 0.4) is 0 Å². The summed E-state index contributed by atoms with van der Waals surface area (Å²) in [5, 5.41) is 3.37. The van der Waals surface area contributed by atoms with Gasteiger partial charge in [0.15, 0.2) is 0 Å². The third-order valence-corrected chi connectivity index (χ3v) is 3.12. The minimum absolute atomic E-state index is 0.256. The lowest BCUT2D eigenvalue weighted by atomic mass is 10.2. The largest absolute Gasteiger partial charge is 0.489 e. The van der Waals surface area contributed by atoms with Crippen molar-refractivity contribution in [2.24, 2.45) is 0 Å². The van der Waals surface area contributed by atoms with Gasteiger partial charge in [0, 0.05) is 26.2 Å². The first-order valence-electron chi connectivity index (χ1n) is 7.06. The normalized spacial score (nSPS) is 15.8. The van der Waals surface area contributed by atoms with Crippen LogP contribution in [0, 0.1) is 0 Å². The van der Waals surface area contributed by atoms with Crippen molar-refractivity contribution in [2.45, 2.75) is 20.0 Å². The second-order valence-corrected chi connectivity index (χ2v) is 4.97. The fourth-order valence-corrected chi connectivity index (χ4v) is 2.18. The van der Waals surface area contributed by atoms with Crippen molar-refractivity contribution >= 4 is 5.69 Å². The van der Waals surface area contributed by atoms with Crippen LogP contribution in [0.15, 0.2) is 24.3 Å². The molecule has 0 unspecified atom stereocenters. The van der Waals surface area contributed by atoms with Gasteiger partial charge in [0.25, 0.3) is 0 Å². The Bertz CT molecular complexity index is 376. The summed E-state index contributed by atoms with van der Waals surface area (Å²) in [5.74, 6) is 0.955. The molecule has 106 valence electrons. The van der Waals surface area contributed by atoms with Crippen molar-refractivity contribution in [3.8, 4) is 5.75 Å². The number of ether oxygens (including phenoxy) is 2. The summed E-state index contributed by atoms with van der Waals surface area (Å²) in [5.41, 5.74) is 1.19. The van der Waals surface area contributed by atoms with E-state index in [-0.39, 0.29) is 6.10 Å². The molecule has 0 aliphatic carbocycles. The first kappa shape index (κ1) is 14.2. The van der Waals surface area contributed by atoms with Gasteiger partial charge in [0.2, 0.25) is 0 Å². The molecule has 0 bridgehead atoms. The van der Waals surface area contributed by atoms with Gasteiger partial charge in [0.1, 0.15) is 12.4 Å². The molecule has 0 atom stereocenters. The highest BCUT2D eigenvalue weighted by Gasteiger charge is 2.14. The Hall–Kier alpha value is -1.26. The van der Waals surface area contributed by atoms with Crippen molar-refractivity contribution in [1.82, 2.24) is 5.32 Å². The average Bonchev–Trinajstić information content (AvgIpc) is 2.45. The molecule has 4 heteroatoms. The highest BCUT2D eigenvalue weighted by molar-refractivity contribution is 5.58. The Labute approximate surface area is 115 Å². The quantitative estimate of drug-likeness (QED) is 0.796. The van der Waals surface area contributed by atoms with E-state index in [0.717, 1.165) is 31.9 Å². The van der Waals surface area contributed by atoms with Crippen LogP contribution in [0.4, 0.5) is 5.69 Å². The van der Waals surface area contributed by atoms with E-state index in [1.807, 2.05) is 26.0 Å². The van der Waals surface area contributed by atoms with E-state index in [1.165, 1.54) is 5.69 Å². The van der Waals surface area contributed by atoms with E-state index in [1.54, 1.807) is 0 Å². The first-order chi connectivity index (χ1) is 9.27. The number of hydrogen-bond donors (Lipinski definition) is 1. The van der Waals surface area contributed by atoms with Crippen LogP contribution in [-0.2, 0) is 4.74 Å². The Balaban J connectivity index is 1.92. The van der Waals surface area contributed by atoms with Gasteiger partial charge in [-0.05, 0) is 26.0 Å². The number of para-hydroxylation sites is 2. The van der Waals surface area contributed by atoms with Gasteiger partial charge < -0.3 is 19.7 Å². The molecule has 0 aromatic heterocycles. The monoisotopic (exact) mass is 264 g/mol. The molecule has 1 heterocycles. The maximum absolute atomic E-state index is 5.85. The van der Waals surface area contributed by atoms with Gasteiger partial charge in [-0.2, -0.15) is 0 Å². The predicted octanol–water partition coefficient (Wildman–Crippen LogP) is 1.90. The van der Waals surface area contributed by atoms with Gasteiger partial charge in [-0.25, -0.2) is 0 Å². The van der Waals surface area contributed by atoms with Crippen molar-refractivity contribution in [2.75, 3.05) is 44.3 Å². The minimum atomic E-state index is 0.256. The third kappa shape index (κ3) is 4.40. The second kappa shape index (κ2) is 7.36. The molecular weight excluding hydrogens is 240 g/mol. The first-order valence-corrected chi connectivity index (χ1v) is 7.06. The van der Waals surface area contributed by atoms with Gasteiger partial charge >= 0.3 is 0 Å². The van der Waals surface area contributed by atoms with Gasteiger partial charge in [-0.15, -0.1) is 0 Å². The zero-order valence-corrected chi connectivity index (χ0v) is 11.9. The van der Waals surface area contributed by atoms with Gasteiger partial charge in [0.05, 0.1) is 18.4 Å². The molecule has 4 nitrogen and oxygen atoms in total. The van der Waals surface area contributed by atoms with Crippen molar-refractivity contribution in [3.63, 3.8) is 0 Å². The average molecular weight is 264 g/mol. The standard InChI is InChI=1S/C15H24N2O2/c1-13(2)18-11-12-19-15-6-4-3-5-14(15)17-9-7-16-8-10-17/h3-6,13,16H,7-12H2,1-2H3. The molecule has 0 amide bonds. The van der Waals surface area contributed by atoms with Crippen LogP contribution in [-0.4, -0.2) is 45.5 Å². The summed E-state index contributed by atoms with van der Waals surface area (Å²) in [6.45, 7) is 9.43. The second-order valence-electron chi connectivity index (χ2n) is 4.97. The molecular formula is C15H24N2O2. The summed E-state index contributed by atoms with van der Waals surface area (Å²) in [4.78, 5) is 2.37. The van der Waals surface area contributed by atoms with Crippen LogP contribution >= 0.6 is 0 Å². The van der Waals surface area contributed by atoms with Crippen LogP contribution in [0.25, 0.3) is 0 Å². The molecule has 1 fully saturated rings. The van der Waals surface area contributed by atoms with E-state index in [0.29, 0.717) is 13.2 Å². The molecule has 2 rings (SSSR count). The Kier molecular flexibility index (Phi) is 5.48. The predicted molar refractivity (Wildman–Crippen MR) is 78.1 cm³/mol. The van der Waals surface area contributed by atoms with E-state index >= 15 is 0 Å². The molecule has 0 spiro atoms. The number of rotatable bonds is 6. The van der Waals surface area contributed by atoms with E-state index in [2.05, 4.69) is 22.3 Å². The summed E-state index contributed by atoms with van der Waals surface area (Å²) in [6, 6.07) is 8.25. The zero-order chi connectivity index (χ0) is 13.5. The third-order valence-electron chi connectivity index (χ3n) is 3.12. The smallest absolute Gasteiger partial charge is 0.142 e. The molecule has 1 saturated heterocycles. The summed E-state index contributed by atoms with van der Waals surface area (Å²) in [7, 11) is 0. The number of nitrogens with zero attached hydrogens (tertiary/aromatic N) is 1. The Morgan fingerprint density at radius 3 is 2.63 bits per heavy atom. The SMILES string of the molecule is CC(C)OCCOc1ccccc1N1CCNCC1. The lowest BCUT2D eigenvalue weighted by Gasteiger charge is -2.30. The van der Waals surface area contributed by atoms with Crippen LogP contribution in [0.1, 0.15) is 13.8 Å². The fraction of sp³-hybridized carbons (Fsp3) is 0.600. The number of anilines is 1. The highest BCUT2D eigenvalue weighted by Crippen LogP contribution is 2.28. The molecule has 1 aromatic carbocycles. The maximum atomic E-state index is 5.85. The Morgan fingerprint density at radius 2 is 1.89 bits per heavy atom. The van der Waals surface area contributed by atoms with Crippen molar-refractivity contribution in [1.29, 1.82) is 0 Å². The molecule has 1 aromatic rings. The Morgan fingerprint density at radius 1 is 1.16 bits per heavy atom. The molecule has 19 heavy (non-hydrogen) atoms. The van der Waals surface area contributed by atoms with Gasteiger partial charge in [-0.3, -0.25) is 0 Å². The molecule has 1 aliphatic heterocycles. The topological polar surface area (TPSA) is 33.7 Å². The summed E-state index contributed by atoms with van der Waals surface area (Å²) >= 11 is 0. The number of hydrogen-bond acceptors (Lipinski definition) is 4. The van der Waals surface area contributed by atoms with Crippen LogP contribution < -0.4 is 15.0 Å². The molecule has 1 N–H and O–H groups in total. The van der Waals surface area contributed by atoms with E-state index < -0.39 is 0 Å². The minimum Gasteiger partial charge on any atom is -0.489 e. The maximum Gasteiger partial charge on any atom is 0.142 e.